The molecule has 10 heteroatoms. The number of amides is 1. The molecule has 3 aromatic carbocycles. The van der Waals surface area contributed by atoms with Gasteiger partial charge >= 0.3 is 5.69 Å². The van der Waals surface area contributed by atoms with Gasteiger partial charge in [-0.15, -0.1) is 11.8 Å². The molecule has 0 saturated heterocycles. The van der Waals surface area contributed by atoms with Gasteiger partial charge in [0, 0.05) is 34.4 Å². The number of aromatic amines is 1. The van der Waals surface area contributed by atoms with Crippen molar-refractivity contribution in [2.24, 2.45) is 0 Å². The first-order chi connectivity index (χ1) is 18.4. The lowest BCUT2D eigenvalue weighted by Crippen LogP contribution is -2.42. The van der Waals surface area contributed by atoms with Crippen molar-refractivity contribution in [1.82, 2.24) is 9.55 Å². The van der Waals surface area contributed by atoms with Crippen LogP contribution in [-0.4, -0.2) is 33.7 Å². The number of rotatable bonds is 10. The van der Waals surface area contributed by atoms with Crippen molar-refractivity contribution >= 4 is 40.8 Å². The number of aliphatic hydroxyl groups is 1. The predicted octanol–water partition coefficient (Wildman–Crippen LogP) is 4.14. The maximum Gasteiger partial charge on any atom is 0.330 e. The summed E-state index contributed by atoms with van der Waals surface area (Å²) in [5.74, 6) is 0.115. The maximum atomic E-state index is 13.6. The van der Waals surface area contributed by atoms with Gasteiger partial charge in [0.25, 0.3) is 11.5 Å². The molecule has 0 aliphatic rings. The number of nitrogen functional groups attached to an aromatic ring is 1. The summed E-state index contributed by atoms with van der Waals surface area (Å²) in [7, 11) is 0. The van der Waals surface area contributed by atoms with Crippen LogP contribution in [0.3, 0.4) is 0 Å². The van der Waals surface area contributed by atoms with E-state index in [9.17, 15) is 19.5 Å². The van der Waals surface area contributed by atoms with E-state index in [1.54, 1.807) is 23.9 Å². The molecule has 4 N–H and O–H groups in total. The normalized spacial score (nSPS) is 10.9. The number of nitrogens with two attached hydrogens (primary N) is 1. The zero-order chi connectivity index (χ0) is 27.1. The molecule has 8 nitrogen and oxygen atoms in total. The molecule has 0 spiro atoms. The fourth-order valence-electron chi connectivity index (χ4n) is 3.90. The van der Waals surface area contributed by atoms with Crippen molar-refractivity contribution in [2.75, 3.05) is 23.8 Å². The number of hydrogen-bond acceptors (Lipinski definition) is 6. The standard InChI is InChI=1S/C28H27ClN4O4S/c29-22-11-13-23(14-12-22)38-18-20-7-9-21(10-8-20)27(36)32(15-4-16-34)24-25(30)33(28(37)31-26(24)35)17-19-5-2-1-3-6-19/h1-3,5-14,34H,4,15-18,30H2,(H,31,35,37). The number of carbonyl (C=O) groups excluding carboxylic acids is 1. The van der Waals surface area contributed by atoms with E-state index in [0.29, 0.717) is 16.3 Å². The molecule has 0 atom stereocenters. The summed E-state index contributed by atoms with van der Waals surface area (Å²) in [4.78, 5) is 43.6. The maximum absolute atomic E-state index is 13.6. The summed E-state index contributed by atoms with van der Waals surface area (Å²) in [5, 5.41) is 10.1. The van der Waals surface area contributed by atoms with Gasteiger partial charge < -0.3 is 15.7 Å². The van der Waals surface area contributed by atoms with E-state index in [0.717, 1.165) is 16.0 Å². The van der Waals surface area contributed by atoms with Crippen molar-refractivity contribution in [3.63, 3.8) is 0 Å². The Balaban J connectivity index is 1.60. The number of hydrogen-bond donors (Lipinski definition) is 3. The van der Waals surface area contributed by atoms with E-state index >= 15 is 0 Å². The van der Waals surface area contributed by atoms with Crippen LogP contribution >= 0.6 is 23.4 Å². The molecule has 0 aliphatic heterocycles. The van der Waals surface area contributed by atoms with Gasteiger partial charge in [0.05, 0.1) is 6.54 Å². The number of benzene rings is 3. The van der Waals surface area contributed by atoms with Crippen LogP contribution in [0.2, 0.25) is 5.02 Å². The molecule has 0 aliphatic carbocycles. The molecule has 0 bridgehead atoms. The van der Waals surface area contributed by atoms with Crippen LogP contribution in [-0.2, 0) is 12.3 Å². The molecule has 4 aromatic rings. The minimum absolute atomic E-state index is 0.0420. The highest BCUT2D eigenvalue weighted by Gasteiger charge is 2.25. The van der Waals surface area contributed by atoms with E-state index in [1.165, 1.54) is 9.47 Å². The first kappa shape index (κ1) is 27.3. The van der Waals surface area contributed by atoms with Crippen molar-refractivity contribution in [3.8, 4) is 0 Å². The average Bonchev–Trinajstić information content (AvgIpc) is 2.93. The Morgan fingerprint density at radius 2 is 1.66 bits per heavy atom. The third-order valence-electron chi connectivity index (χ3n) is 5.87. The van der Waals surface area contributed by atoms with Gasteiger partial charge in [0.2, 0.25) is 0 Å². The largest absolute Gasteiger partial charge is 0.396 e. The number of thioether (sulfide) groups is 1. The predicted molar refractivity (Wildman–Crippen MR) is 152 cm³/mol. The Hall–Kier alpha value is -3.79. The number of anilines is 2. The molecule has 0 fully saturated rings. The minimum atomic E-state index is -0.765. The van der Waals surface area contributed by atoms with Crippen LogP contribution in [0.1, 0.15) is 27.9 Å². The second-order valence-corrected chi connectivity index (χ2v) is 10.0. The first-order valence-electron chi connectivity index (χ1n) is 11.9. The molecular weight excluding hydrogens is 524 g/mol. The Kier molecular flexibility index (Phi) is 9.06. The highest BCUT2D eigenvalue weighted by atomic mass is 35.5. The molecule has 38 heavy (non-hydrogen) atoms. The summed E-state index contributed by atoms with van der Waals surface area (Å²) in [5.41, 5.74) is 6.93. The number of halogens is 1. The molecule has 1 heterocycles. The summed E-state index contributed by atoms with van der Waals surface area (Å²) in [6.45, 7) is -0.0241. The Morgan fingerprint density at radius 3 is 2.32 bits per heavy atom. The van der Waals surface area contributed by atoms with E-state index < -0.39 is 17.2 Å². The summed E-state index contributed by atoms with van der Waals surface area (Å²) < 4.78 is 1.22. The molecule has 4 rings (SSSR count). The van der Waals surface area contributed by atoms with Gasteiger partial charge in [-0.3, -0.25) is 19.1 Å². The quantitative estimate of drug-likeness (QED) is 0.255. The van der Waals surface area contributed by atoms with Crippen molar-refractivity contribution in [3.05, 3.63) is 121 Å². The fourth-order valence-corrected chi connectivity index (χ4v) is 4.88. The second-order valence-electron chi connectivity index (χ2n) is 8.54. The zero-order valence-corrected chi connectivity index (χ0v) is 22.0. The number of aliphatic hydroxyl groups excluding tert-OH is 1. The SMILES string of the molecule is Nc1c(N(CCCO)C(=O)c2ccc(CSc3ccc(Cl)cc3)cc2)c(=O)[nH]c(=O)n1Cc1ccccc1. The Labute approximate surface area is 228 Å². The lowest BCUT2D eigenvalue weighted by Gasteiger charge is -2.24. The molecule has 1 amide bonds. The van der Waals surface area contributed by atoms with Crippen LogP contribution in [0.5, 0.6) is 0 Å². The van der Waals surface area contributed by atoms with Crippen LogP contribution in [0.25, 0.3) is 0 Å². The molecule has 0 saturated carbocycles. The van der Waals surface area contributed by atoms with Crippen LogP contribution in [0.4, 0.5) is 11.5 Å². The number of H-pyrrole nitrogens is 1. The Morgan fingerprint density at radius 1 is 0.974 bits per heavy atom. The number of nitrogens with one attached hydrogen (secondary N) is 1. The molecule has 0 radical (unpaired) electrons. The van der Waals surface area contributed by atoms with E-state index in [-0.39, 0.29) is 37.6 Å². The minimum Gasteiger partial charge on any atom is -0.396 e. The highest BCUT2D eigenvalue weighted by molar-refractivity contribution is 7.98. The number of aromatic nitrogens is 2. The van der Waals surface area contributed by atoms with Crippen LogP contribution < -0.4 is 21.9 Å². The lowest BCUT2D eigenvalue weighted by molar-refractivity contribution is 0.0985. The van der Waals surface area contributed by atoms with Crippen molar-refractivity contribution < 1.29 is 9.90 Å². The van der Waals surface area contributed by atoms with Gasteiger partial charge in [0.1, 0.15) is 5.82 Å². The van der Waals surface area contributed by atoms with Crippen LogP contribution in [0.15, 0.2) is 93.3 Å². The van der Waals surface area contributed by atoms with Crippen molar-refractivity contribution in [2.45, 2.75) is 23.6 Å². The van der Waals surface area contributed by atoms with E-state index in [1.807, 2.05) is 66.7 Å². The first-order valence-corrected chi connectivity index (χ1v) is 13.3. The summed E-state index contributed by atoms with van der Waals surface area (Å²) in [6, 6.07) is 23.8. The molecule has 0 unspecified atom stereocenters. The van der Waals surface area contributed by atoms with E-state index in [2.05, 4.69) is 4.98 Å². The molecular formula is C28H27ClN4O4S. The lowest BCUT2D eigenvalue weighted by atomic mass is 10.1. The molecule has 1 aromatic heterocycles. The van der Waals surface area contributed by atoms with Crippen LogP contribution in [0, 0.1) is 0 Å². The topological polar surface area (TPSA) is 121 Å². The van der Waals surface area contributed by atoms with Gasteiger partial charge in [-0.05, 0) is 53.9 Å². The monoisotopic (exact) mass is 550 g/mol. The third-order valence-corrected chi connectivity index (χ3v) is 7.21. The number of nitrogens with zero attached hydrogens (tertiary/aromatic N) is 2. The van der Waals surface area contributed by atoms with Crippen molar-refractivity contribution in [1.29, 1.82) is 0 Å². The summed E-state index contributed by atoms with van der Waals surface area (Å²) in [6.07, 6.45) is 0.220. The van der Waals surface area contributed by atoms with E-state index in [4.69, 9.17) is 17.3 Å². The third kappa shape index (κ3) is 6.55. The highest BCUT2D eigenvalue weighted by Crippen LogP contribution is 2.25. The van der Waals surface area contributed by atoms with Gasteiger partial charge in [-0.1, -0.05) is 54.1 Å². The summed E-state index contributed by atoms with van der Waals surface area (Å²) >= 11 is 7.59. The zero-order valence-electron chi connectivity index (χ0n) is 20.5. The molecule has 196 valence electrons. The number of carbonyl (C=O) groups is 1. The van der Waals surface area contributed by atoms with Gasteiger partial charge in [0.15, 0.2) is 5.69 Å². The van der Waals surface area contributed by atoms with Gasteiger partial charge in [-0.25, -0.2) is 4.79 Å². The second kappa shape index (κ2) is 12.6. The fraction of sp³-hybridized carbons (Fsp3) is 0.179. The Bertz CT molecular complexity index is 1500. The smallest absolute Gasteiger partial charge is 0.330 e. The van der Waals surface area contributed by atoms with Gasteiger partial charge in [-0.2, -0.15) is 0 Å². The average molecular weight is 551 g/mol.